The van der Waals surface area contributed by atoms with Crippen LogP contribution in [0.15, 0.2) is 24.3 Å². The van der Waals surface area contributed by atoms with Crippen LogP contribution in [0.4, 0.5) is 0 Å². The molecule has 2 saturated heterocycles. The summed E-state index contributed by atoms with van der Waals surface area (Å²) in [4.78, 5) is 122. The van der Waals surface area contributed by atoms with Gasteiger partial charge < -0.3 is 57.4 Å². The number of carbonyl (C=O) groups excluding carboxylic acids is 7. The molecule has 0 aliphatic carbocycles. The molecule has 0 aromatic heterocycles. The molecule has 0 unspecified atom stereocenters. The quantitative estimate of drug-likeness (QED) is 0.0665. The fourth-order valence-corrected chi connectivity index (χ4v) is 8.20. The van der Waals surface area contributed by atoms with Gasteiger partial charge in [0.2, 0.25) is 41.4 Å². The van der Waals surface area contributed by atoms with E-state index in [1.54, 1.807) is 25.3 Å². The van der Waals surface area contributed by atoms with Crippen molar-refractivity contribution in [3.63, 3.8) is 0 Å². The lowest BCUT2D eigenvalue weighted by molar-refractivity contribution is -0.147. The van der Waals surface area contributed by atoms with E-state index in [2.05, 4.69) is 26.6 Å². The van der Waals surface area contributed by atoms with Gasteiger partial charge in [0.1, 0.15) is 48.0 Å². The normalized spacial score (nSPS) is 19.3. The lowest BCUT2D eigenvalue weighted by Gasteiger charge is -2.33. The summed E-state index contributed by atoms with van der Waals surface area (Å²) in [5.41, 5.74) is 6.58. The summed E-state index contributed by atoms with van der Waals surface area (Å²) < 4.78 is 0. The number of nitrogens with one attached hydrogen (secondary N) is 5. The average Bonchev–Trinajstić information content (AvgIpc) is 3.94. The van der Waals surface area contributed by atoms with Crippen LogP contribution < -0.4 is 32.3 Å². The summed E-state index contributed by atoms with van der Waals surface area (Å²) in [6, 6.07) is -3.29. The van der Waals surface area contributed by atoms with Crippen LogP contribution in [0.2, 0.25) is 0 Å². The van der Waals surface area contributed by atoms with E-state index in [1.807, 2.05) is 20.8 Å². The number of carboxylic acids is 2. The molecule has 0 bridgehead atoms. The Kier molecular flexibility index (Phi) is 20.8. The first-order valence-corrected chi connectivity index (χ1v) is 23.2. The number of nitrogens with zero attached hydrogens (tertiary/aromatic N) is 2. The van der Waals surface area contributed by atoms with Gasteiger partial charge in [-0.15, -0.1) is 0 Å². The van der Waals surface area contributed by atoms with Crippen LogP contribution in [0.25, 0.3) is 0 Å². The monoisotopic (exact) mass is 918 g/mol. The van der Waals surface area contributed by atoms with E-state index < -0.39 is 114 Å². The van der Waals surface area contributed by atoms with Crippen molar-refractivity contribution in [3.8, 4) is 5.75 Å². The Balaban J connectivity index is 1.84. The highest BCUT2D eigenvalue weighted by atomic mass is 32.2. The second-order valence-corrected chi connectivity index (χ2v) is 18.0. The maximum atomic E-state index is 14.4. The lowest BCUT2D eigenvalue weighted by Crippen LogP contribution is -2.61. The van der Waals surface area contributed by atoms with Gasteiger partial charge in [-0.1, -0.05) is 46.2 Å². The molecule has 21 heteroatoms. The Morgan fingerprint density at radius 2 is 1.30 bits per heavy atom. The first-order valence-electron chi connectivity index (χ1n) is 21.8. The van der Waals surface area contributed by atoms with E-state index in [0.29, 0.717) is 37.0 Å². The molecule has 2 heterocycles. The number of phenols is 1. The topological polar surface area (TPSA) is 307 Å². The SMILES string of the molecule is CC[C@H](C)[C@H](NC(=O)[C@H](Cc1ccc(O)cc1)NC(=O)[C@@H]1CCCN1C(=O)[C@H](C)NC(=O)[C@@H](N)CC(C)C)C(=O)N1CCC[C@H]1C(=O)N[C@@H](CCSC)C(=O)N[C@@H](CC(=O)O)C(=O)O. The van der Waals surface area contributed by atoms with Crippen molar-refractivity contribution in [2.24, 2.45) is 17.6 Å². The van der Waals surface area contributed by atoms with E-state index in [0.717, 1.165) is 0 Å². The van der Waals surface area contributed by atoms with Crippen molar-refractivity contribution in [2.75, 3.05) is 25.1 Å². The van der Waals surface area contributed by atoms with E-state index in [1.165, 1.54) is 40.6 Å². The number of carboxylic acid groups (broad SMARTS) is 2. The Bertz CT molecular complexity index is 1830. The number of thioether (sulfide) groups is 1. The molecule has 0 spiro atoms. The van der Waals surface area contributed by atoms with E-state index in [-0.39, 0.29) is 50.4 Å². The molecule has 356 valence electrons. The van der Waals surface area contributed by atoms with Crippen LogP contribution in [0.5, 0.6) is 5.75 Å². The number of likely N-dealkylation sites (tertiary alicyclic amines) is 2. The first-order chi connectivity index (χ1) is 30.2. The molecule has 0 radical (unpaired) electrons. The van der Waals surface area contributed by atoms with Crippen LogP contribution in [0, 0.1) is 11.8 Å². The highest BCUT2D eigenvalue weighted by Gasteiger charge is 2.42. The van der Waals surface area contributed by atoms with E-state index in [4.69, 9.17) is 10.8 Å². The number of aliphatic carboxylic acids is 2. The maximum absolute atomic E-state index is 14.4. The Morgan fingerprint density at radius 1 is 0.750 bits per heavy atom. The fraction of sp³-hybridized carbons (Fsp3) is 0.651. The van der Waals surface area contributed by atoms with Crippen molar-refractivity contribution in [1.82, 2.24) is 36.4 Å². The van der Waals surface area contributed by atoms with E-state index >= 15 is 0 Å². The second-order valence-electron chi connectivity index (χ2n) is 17.0. The van der Waals surface area contributed by atoms with Gasteiger partial charge in [-0.3, -0.25) is 38.4 Å². The number of amides is 7. The number of phenolic OH excluding ortho intramolecular Hbond substituents is 1. The first kappa shape index (κ1) is 52.9. The Morgan fingerprint density at radius 3 is 1.81 bits per heavy atom. The van der Waals surface area contributed by atoms with Crippen LogP contribution in [-0.2, 0) is 49.6 Å². The Labute approximate surface area is 377 Å². The number of nitrogens with two attached hydrogens (primary N) is 1. The third-order valence-corrected chi connectivity index (χ3v) is 12.1. The fourth-order valence-electron chi connectivity index (χ4n) is 7.73. The molecule has 0 saturated carbocycles. The predicted octanol–water partition coefficient (Wildman–Crippen LogP) is 0.0925. The molecule has 1 aromatic carbocycles. The van der Waals surface area contributed by atoms with Gasteiger partial charge in [-0.25, -0.2) is 4.79 Å². The third kappa shape index (κ3) is 15.4. The van der Waals surface area contributed by atoms with Gasteiger partial charge in [0.15, 0.2) is 0 Å². The molecule has 2 aliphatic heterocycles. The number of benzene rings is 1. The number of rotatable bonds is 24. The average molecular weight is 919 g/mol. The molecule has 7 amide bonds. The summed E-state index contributed by atoms with van der Waals surface area (Å²) in [5, 5.41) is 41.6. The minimum absolute atomic E-state index is 0.0225. The summed E-state index contributed by atoms with van der Waals surface area (Å²) in [6.07, 6.45) is 3.13. The molecule has 1 aromatic rings. The molecule has 2 fully saturated rings. The van der Waals surface area contributed by atoms with Gasteiger partial charge in [0, 0.05) is 19.5 Å². The minimum atomic E-state index is -1.74. The van der Waals surface area contributed by atoms with Crippen molar-refractivity contribution < 1.29 is 58.5 Å². The van der Waals surface area contributed by atoms with Crippen molar-refractivity contribution >= 4 is 65.1 Å². The van der Waals surface area contributed by atoms with Gasteiger partial charge in [-0.2, -0.15) is 11.8 Å². The summed E-state index contributed by atoms with van der Waals surface area (Å²) in [5.74, 6) is -7.46. The predicted molar refractivity (Wildman–Crippen MR) is 236 cm³/mol. The van der Waals surface area contributed by atoms with Crippen LogP contribution in [0.3, 0.4) is 0 Å². The molecule has 3 rings (SSSR count). The summed E-state index contributed by atoms with van der Waals surface area (Å²) in [7, 11) is 0. The molecule has 2 aliphatic rings. The van der Waals surface area contributed by atoms with Gasteiger partial charge in [0.05, 0.1) is 12.5 Å². The largest absolute Gasteiger partial charge is 0.508 e. The number of carbonyl (C=O) groups is 9. The van der Waals surface area contributed by atoms with Gasteiger partial charge in [-0.05, 0) is 87.0 Å². The molecular formula is C43H66N8O12S. The van der Waals surface area contributed by atoms with Gasteiger partial charge >= 0.3 is 11.9 Å². The van der Waals surface area contributed by atoms with E-state index in [9.17, 15) is 53.4 Å². The van der Waals surface area contributed by atoms with Crippen LogP contribution >= 0.6 is 11.8 Å². The lowest BCUT2D eigenvalue weighted by atomic mass is 9.96. The smallest absolute Gasteiger partial charge is 0.326 e. The second kappa shape index (κ2) is 25.2. The number of hydrogen-bond donors (Lipinski definition) is 9. The standard InChI is InChI=1S/C43H66N8O12S/c1-7-24(4)35(42(61)51-18-9-11-33(51)39(58)46-29(16-19-64-6)37(56)48-31(43(62)63)22-34(53)54)49-38(57)30(21-26-12-14-27(52)15-13-26)47-40(59)32-10-8-17-50(32)41(60)25(5)45-36(55)28(44)20-23(2)3/h12-15,23-25,28-33,35,52H,7-11,16-22,44H2,1-6H3,(H,45,55)(H,46,58)(H,47,59)(H,48,56)(H,49,57)(H,53,54)(H,62,63)/t24-,25-,28-,29-,30-,31-,32-,33-,35-/m0/s1. The maximum Gasteiger partial charge on any atom is 0.326 e. The zero-order valence-electron chi connectivity index (χ0n) is 37.5. The van der Waals surface area contributed by atoms with Crippen molar-refractivity contribution in [3.05, 3.63) is 29.8 Å². The zero-order chi connectivity index (χ0) is 47.8. The highest BCUT2D eigenvalue weighted by Crippen LogP contribution is 2.23. The Hall–Kier alpha value is -5.44. The highest BCUT2D eigenvalue weighted by molar-refractivity contribution is 7.98. The van der Waals surface area contributed by atoms with Crippen molar-refractivity contribution in [2.45, 2.75) is 141 Å². The molecular weight excluding hydrogens is 853 g/mol. The number of aromatic hydroxyl groups is 1. The summed E-state index contributed by atoms with van der Waals surface area (Å²) in [6.45, 7) is 9.29. The summed E-state index contributed by atoms with van der Waals surface area (Å²) >= 11 is 1.36. The molecule has 64 heavy (non-hydrogen) atoms. The van der Waals surface area contributed by atoms with Crippen LogP contribution in [-0.4, -0.2) is 152 Å². The third-order valence-electron chi connectivity index (χ3n) is 11.5. The zero-order valence-corrected chi connectivity index (χ0v) is 38.3. The van der Waals surface area contributed by atoms with Gasteiger partial charge in [0.25, 0.3) is 0 Å². The molecule has 20 nitrogen and oxygen atoms in total. The molecule has 10 N–H and O–H groups in total. The minimum Gasteiger partial charge on any atom is -0.508 e. The molecule has 9 atom stereocenters. The van der Waals surface area contributed by atoms with Crippen molar-refractivity contribution in [1.29, 1.82) is 0 Å². The van der Waals surface area contributed by atoms with Crippen LogP contribution in [0.1, 0.15) is 91.5 Å². The number of hydrogen-bond acceptors (Lipinski definition) is 12.